The van der Waals surface area contributed by atoms with Crippen LogP contribution in [0.1, 0.15) is 13.8 Å². The van der Waals surface area contributed by atoms with Crippen molar-refractivity contribution >= 4 is 86.9 Å². The van der Waals surface area contributed by atoms with Crippen LogP contribution in [0.4, 0.5) is 0 Å². The molecule has 0 aliphatic heterocycles. The number of hydrogen-bond donors (Lipinski definition) is 2. The Morgan fingerprint density at radius 2 is 2.05 bits per heavy atom. The number of aromatic nitrogens is 1. The summed E-state index contributed by atoms with van der Waals surface area (Å²) in [5.74, 6) is 1.99. The number of hydrogen-bond acceptors (Lipinski definition) is 6. The van der Waals surface area contributed by atoms with E-state index in [1.54, 1.807) is 35.2 Å². The van der Waals surface area contributed by atoms with Gasteiger partial charge in [0.1, 0.15) is 0 Å². The summed E-state index contributed by atoms with van der Waals surface area (Å²) in [4.78, 5) is 4.34. The quantitative estimate of drug-likeness (QED) is 0.496. The summed E-state index contributed by atoms with van der Waals surface area (Å²) in [6.07, 6.45) is 0. The Bertz CT molecular complexity index is 658. The van der Waals surface area contributed by atoms with Gasteiger partial charge in [0, 0.05) is 11.5 Å². The van der Waals surface area contributed by atoms with Crippen LogP contribution in [0.2, 0.25) is 0 Å². The summed E-state index contributed by atoms with van der Waals surface area (Å²) in [6.45, 7) is 4.24. The summed E-state index contributed by atoms with van der Waals surface area (Å²) < 4.78 is 7.27. The minimum absolute atomic E-state index is 0.726. The van der Waals surface area contributed by atoms with Crippen molar-refractivity contribution < 1.29 is 0 Å². The van der Waals surface area contributed by atoms with Gasteiger partial charge in [0.05, 0.1) is 15.1 Å². The van der Waals surface area contributed by atoms with Gasteiger partial charge in [0.15, 0.2) is 9.07 Å². The van der Waals surface area contributed by atoms with Crippen molar-refractivity contribution in [2.24, 2.45) is 0 Å². The van der Waals surface area contributed by atoms with Gasteiger partial charge in [-0.05, 0) is 72.4 Å². The molecule has 0 bridgehead atoms. The Morgan fingerprint density at radius 1 is 1.33 bits per heavy atom. The highest BCUT2D eigenvalue weighted by molar-refractivity contribution is 8.13. The Morgan fingerprint density at radius 3 is 2.71 bits per heavy atom. The number of rotatable bonds is 6. The lowest BCUT2D eigenvalue weighted by Crippen LogP contribution is -2.26. The molecule has 21 heavy (non-hydrogen) atoms. The molecule has 3 nitrogen and oxygen atoms in total. The normalized spacial score (nSPS) is 10.8. The fraction of sp³-hybridized carbons (Fsp3) is 0.333. The van der Waals surface area contributed by atoms with Gasteiger partial charge in [-0.25, -0.2) is 3.71 Å². The molecule has 2 rings (SSSR count). The summed E-state index contributed by atoms with van der Waals surface area (Å²) >= 11 is 17.2. The van der Waals surface area contributed by atoms with E-state index < -0.39 is 0 Å². The lowest BCUT2D eigenvalue weighted by Gasteiger charge is -2.21. The fourth-order valence-electron chi connectivity index (χ4n) is 1.56. The van der Waals surface area contributed by atoms with Crippen LogP contribution in [0, 0.1) is 3.95 Å². The molecule has 0 aliphatic carbocycles. The van der Waals surface area contributed by atoms with Gasteiger partial charge in [-0.15, -0.1) is 11.3 Å². The van der Waals surface area contributed by atoms with Gasteiger partial charge in [-0.3, -0.25) is 0 Å². The zero-order valence-corrected chi connectivity index (χ0v) is 16.4. The average Bonchev–Trinajstić information content (AvgIpc) is 2.85. The van der Waals surface area contributed by atoms with Crippen molar-refractivity contribution in [2.45, 2.75) is 18.7 Å². The molecule has 1 aromatic carbocycles. The highest BCUT2D eigenvalue weighted by atomic mass is 32.2. The van der Waals surface area contributed by atoms with Gasteiger partial charge in [-0.2, -0.15) is 0 Å². The van der Waals surface area contributed by atoms with E-state index in [-0.39, 0.29) is 0 Å². The third-order valence-corrected chi connectivity index (χ3v) is 7.01. The van der Waals surface area contributed by atoms with E-state index in [9.17, 15) is 0 Å². The second kappa shape index (κ2) is 8.64. The maximum absolute atomic E-state index is 5.46. The number of H-pyrrole nitrogens is 1. The first-order chi connectivity index (χ1) is 10.2. The largest absolute Gasteiger partial charge is 0.336 e. The van der Waals surface area contributed by atoms with Crippen LogP contribution in [0.5, 0.6) is 0 Å². The molecule has 0 radical (unpaired) electrons. The number of thiocarbonyl (C=S) groups is 1. The molecule has 2 aromatic rings. The number of benzene rings is 1. The van der Waals surface area contributed by atoms with Gasteiger partial charge >= 0.3 is 0 Å². The number of nitrogens with zero attached hydrogens (tertiary/aromatic N) is 1. The van der Waals surface area contributed by atoms with E-state index in [4.69, 9.17) is 24.4 Å². The fourth-order valence-corrected chi connectivity index (χ4v) is 5.74. The first-order valence-electron chi connectivity index (χ1n) is 6.30. The summed E-state index contributed by atoms with van der Waals surface area (Å²) in [7, 11) is 0. The first kappa shape index (κ1) is 17.4. The van der Waals surface area contributed by atoms with Crippen molar-refractivity contribution in [2.75, 3.05) is 11.5 Å². The van der Waals surface area contributed by atoms with E-state index in [1.165, 1.54) is 16.6 Å². The highest BCUT2D eigenvalue weighted by Crippen LogP contribution is 2.29. The molecule has 1 heterocycles. The molecular weight excluding hydrogens is 379 g/mol. The molecule has 0 atom stereocenters. The third-order valence-electron chi connectivity index (χ3n) is 2.32. The lowest BCUT2D eigenvalue weighted by molar-refractivity contribution is 1.10. The molecule has 0 saturated carbocycles. The molecule has 9 heteroatoms. The predicted molar refractivity (Wildman–Crippen MR) is 107 cm³/mol. The Hall–Kier alpha value is 0.0700. The number of thiazole rings is 1. The van der Waals surface area contributed by atoms with E-state index in [0.717, 1.165) is 31.0 Å². The second-order valence-corrected chi connectivity index (χ2v) is 9.33. The monoisotopic (exact) mass is 393 g/mol. The smallest absolute Gasteiger partial charge is 0.200 e. The molecule has 0 unspecified atom stereocenters. The molecule has 0 saturated heterocycles. The maximum atomic E-state index is 5.46. The van der Waals surface area contributed by atoms with E-state index in [1.807, 2.05) is 6.07 Å². The van der Waals surface area contributed by atoms with Crippen molar-refractivity contribution in [1.82, 2.24) is 13.4 Å². The SMILES string of the molecule is CCSN(SCC)C(=S)NSc1cccc2sc(=S)[nH]c12. The third kappa shape index (κ3) is 4.77. The molecule has 0 spiro atoms. The Kier molecular flexibility index (Phi) is 7.17. The number of fused-ring (bicyclic) bond motifs is 1. The lowest BCUT2D eigenvalue weighted by atomic mass is 10.3. The van der Waals surface area contributed by atoms with Crippen molar-refractivity contribution in [3.05, 3.63) is 22.2 Å². The van der Waals surface area contributed by atoms with Crippen molar-refractivity contribution in [1.29, 1.82) is 0 Å². The van der Waals surface area contributed by atoms with Crippen LogP contribution in [-0.2, 0) is 0 Å². The van der Waals surface area contributed by atoms with Crippen LogP contribution in [0.15, 0.2) is 23.1 Å². The maximum Gasteiger partial charge on any atom is 0.200 e. The topological polar surface area (TPSA) is 31.1 Å². The van der Waals surface area contributed by atoms with Gasteiger partial charge in [0.2, 0.25) is 0 Å². The van der Waals surface area contributed by atoms with Gasteiger partial charge in [0.25, 0.3) is 0 Å². The minimum Gasteiger partial charge on any atom is -0.336 e. The minimum atomic E-state index is 0.726. The number of nitrogens with one attached hydrogen (secondary N) is 2. The molecule has 0 amide bonds. The Labute approximate surface area is 152 Å². The molecule has 0 aliphatic rings. The van der Waals surface area contributed by atoms with E-state index in [0.29, 0.717) is 0 Å². The summed E-state index contributed by atoms with van der Waals surface area (Å²) in [5, 5.41) is 0.726. The van der Waals surface area contributed by atoms with E-state index >= 15 is 0 Å². The van der Waals surface area contributed by atoms with Crippen LogP contribution >= 0.6 is 71.6 Å². The standard InChI is InChI=1S/C12H15N3S6/c1-3-18-15(19-4-2)11(16)14-21-9-7-5-6-8-10(9)13-12(17)20-8/h5-7H,3-4H2,1-2H3,(H,13,17)(H,14,16). The zero-order chi connectivity index (χ0) is 15.2. The Balaban J connectivity index is 2.07. The van der Waals surface area contributed by atoms with Crippen molar-refractivity contribution in [3.63, 3.8) is 0 Å². The molecular formula is C12H15N3S6. The first-order valence-corrected chi connectivity index (χ1v) is 10.6. The average molecular weight is 394 g/mol. The van der Waals surface area contributed by atoms with Crippen molar-refractivity contribution in [3.8, 4) is 0 Å². The van der Waals surface area contributed by atoms with Crippen LogP contribution < -0.4 is 4.72 Å². The van der Waals surface area contributed by atoms with Gasteiger partial charge < -0.3 is 9.71 Å². The van der Waals surface area contributed by atoms with E-state index in [2.05, 4.69) is 39.4 Å². The molecule has 114 valence electrons. The van der Waals surface area contributed by atoms with Crippen LogP contribution in [0.25, 0.3) is 10.2 Å². The summed E-state index contributed by atoms with van der Waals surface area (Å²) in [6, 6.07) is 6.17. The highest BCUT2D eigenvalue weighted by Gasteiger charge is 2.11. The molecule has 2 N–H and O–H groups in total. The number of aromatic amines is 1. The second-order valence-electron chi connectivity index (χ2n) is 3.75. The van der Waals surface area contributed by atoms with Crippen LogP contribution in [0.3, 0.4) is 0 Å². The molecule has 1 aromatic heterocycles. The zero-order valence-electron chi connectivity index (χ0n) is 11.5. The predicted octanol–water partition coefficient (Wildman–Crippen LogP) is 5.48. The molecule has 0 fully saturated rings. The van der Waals surface area contributed by atoms with Crippen LogP contribution in [-0.4, -0.2) is 25.3 Å². The van der Waals surface area contributed by atoms with Gasteiger partial charge in [-0.1, -0.05) is 19.9 Å². The summed E-state index contributed by atoms with van der Waals surface area (Å²) in [5.41, 5.74) is 1.07. The number of para-hydroxylation sites is 1.